The summed E-state index contributed by atoms with van der Waals surface area (Å²) in [4.78, 5) is 0. The number of hydrogen-bond donors (Lipinski definition) is 1. The van der Waals surface area contributed by atoms with Crippen molar-refractivity contribution in [2.24, 2.45) is 11.8 Å². The molecule has 1 nitrogen and oxygen atoms in total. The van der Waals surface area contributed by atoms with Crippen LogP contribution >= 0.6 is 15.9 Å². The lowest BCUT2D eigenvalue weighted by molar-refractivity contribution is 0.253. The third-order valence-electron chi connectivity index (χ3n) is 3.97. The number of anilines is 1. The Morgan fingerprint density at radius 3 is 2.67 bits per heavy atom. The standard InChI is InChI=1S/C15H21BrFN/c1-10(2)11-6-3-4-9-14(11)18-15-12(16)7-5-8-13(15)17/h5,7-8,10-11,14,18H,3-4,6,9H2,1-2H3. The summed E-state index contributed by atoms with van der Waals surface area (Å²) in [6, 6.07) is 5.52. The van der Waals surface area contributed by atoms with E-state index < -0.39 is 0 Å². The Kier molecular flexibility index (Phi) is 4.66. The van der Waals surface area contributed by atoms with Crippen molar-refractivity contribution in [2.45, 2.75) is 45.6 Å². The summed E-state index contributed by atoms with van der Waals surface area (Å²) < 4.78 is 14.7. The maximum absolute atomic E-state index is 13.8. The van der Waals surface area contributed by atoms with Gasteiger partial charge in [-0.3, -0.25) is 0 Å². The first kappa shape index (κ1) is 13.9. The van der Waals surface area contributed by atoms with Gasteiger partial charge in [-0.1, -0.05) is 32.8 Å². The molecule has 0 amide bonds. The number of halogens is 2. The van der Waals surface area contributed by atoms with E-state index in [0.29, 0.717) is 23.6 Å². The highest BCUT2D eigenvalue weighted by Gasteiger charge is 2.28. The summed E-state index contributed by atoms with van der Waals surface area (Å²) in [5, 5.41) is 3.43. The Labute approximate surface area is 117 Å². The van der Waals surface area contributed by atoms with Crippen LogP contribution in [-0.2, 0) is 0 Å². The number of nitrogens with one attached hydrogen (secondary N) is 1. The van der Waals surface area contributed by atoms with Gasteiger partial charge in [0, 0.05) is 10.5 Å². The zero-order valence-electron chi connectivity index (χ0n) is 11.0. The minimum atomic E-state index is -0.169. The van der Waals surface area contributed by atoms with Crippen molar-refractivity contribution in [3.05, 3.63) is 28.5 Å². The first-order valence-corrected chi connectivity index (χ1v) is 7.59. The summed E-state index contributed by atoms with van der Waals surface area (Å²) in [5.74, 6) is 1.12. The molecule has 2 unspecified atom stereocenters. The normalized spacial score (nSPS) is 24.3. The van der Waals surface area contributed by atoms with E-state index in [1.54, 1.807) is 6.07 Å². The fraction of sp³-hybridized carbons (Fsp3) is 0.600. The molecule has 0 aliphatic heterocycles. The first-order valence-electron chi connectivity index (χ1n) is 6.80. The predicted molar refractivity (Wildman–Crippen MR) is 78.3 cm³/mol. The maximum Gasteiger partial charge on any atom is 0.147 e. The first-order chi connectivity index (χ1) is 8.59. The lowest BCUT2D eigenvalue weighted by Crippen LogP contribution is -2.35. The quantitative estimate of drug-likeness (QED) is 0.807. The molecule has 0 radical (unpaired) electrons. The monoisotopic (exact) mass is 313 g/mol. The van der Waals surface area contributed by atoms with Gasteiger partial charge in [-0.2, -0.15) is 0 Å². The molecule has 0 aromatic heterocycles. The number of rotatable bonds is 3. The molecule has 1 N–H and O–H groups in total. The van der Waals surface area contributed by atoms with E-state index in [1.807, 2.05) is 6.07 Å². The van der Waals surface area contributed by atoms with E-state index in [0.717, 1.165) is 10.9 Å². The zero-order valence-corrected chi connectivity index (χ0v) is 12.6. The Bertz CT molecular complexity index is 385. The fourth-order valence-corrected chi connectivity index (χ4v) is 3.41. The van der Waals surface area contributed by atoms with Crippen LogP contribution in [0.15, 0.2) is 22.7 Å². The lowest BCUT2D eigenvalue weighted by Gasteiger charge is -2.35. The minimum absolute atomic E-state index is 0.169. The van der Waals surface area contributed by atoms with E-state index >= 15 is 0 Å². The van der Waals surface area contributed by atoms with Crippen LogP contribution in [-0.4, -0.2) is 6.04 Å². The van der Waals surface area contributed by atoms with Crippen LogP contribution < -0.4 is 5.32 Å². The highest BCUT2D eigenvalue weighted by atomic mass is 79.9. The van der Waals surface area contributed by atoms with Gasteiger partial charge < -0.3 is 5.32 Å². The highest BCUT2D eigenvalue weighted by molar-refractivity contribution is 9.10. The number of para-hydroxylation sites is 1. The predicted octanol–water partition coefficient (Wildman–Crippen LogP) is 5.21. The molecule has 2 rings (SSSR count). The van der Waals surface area contributed by atoms with E-state index in [2.05, 4.69) is 35.1 Å². The maximum atomic E-state index is 13.8. The fourth-order valence-electron chi connectivity index (χ4n) is 2.96. The van der Waals surface area contributed by atoms with E-state index in [4.69, 9.17) is 0 Å². The molecule has 0 spiro atoms. The molecule has 1 aliphatic rings. The molecule has 1 aromatic carbocycles. The van der Waals surface area contributed by atoms with Crippen LogP contribution in [0.5, 0.6) is 0 Å². The molecule has 18 heavy (non-hydrogen) atoms. The van der Waals surface area contributed by atoms with Crippen LogP contribution in [0.1, 0.15) is 39.5 Å². The highest BCUT2D eigenvalue weighted by Crippen LogP contribution is 2.34. The van der Waals surface area contributed by atoms with Crippen LogP contribution in [0.3, 0.4) is 0 Å². The second-order valence-corrected chi connectivity index (χ2v) is 6.39. The van der Waals surface area contributed by atoms with Gasteiger partial charge in [-0.15, -0.1) is 0 Å². The number of benzene rings is 1. The topological polar surface area (TPSA) is 12.0 Å². The summed E-state index contributed by atoms with van der Waals surface area (Å²) in [6.07, 6.45) is 4.94. The van der Waals surface area contributed by atoms with Crippen LogP contribution in [0, 0.1) is 17.7 Å². The Morgan fingerprint density at radius 2 is 2.00 bits per heavy atom. The summed E-state index contributed by atoms with van der Waals surface area (Å²) >= 11 is 3.43. The number of hydrogen-bond acceptors (Lipinski definition) is 1. The van der Waals surface area contributed by atoms with Crippen molar-refractivity contribution >= 4 is 21.6 Å². The molecular formula is C15H21BrFN. The summed E-state index contributed by atoms with van der Waals surface area (Å²) in [7, 11) is 0. The molecular weight excluding hydrogens is 293 g/mol. The molecule has 0 bridgehead atoms. The van der Waals surface area contributed by atoms with Crippen molar-refractivity contribution < 1.29 is 4.39 Å². The van der Waals surface area contributed by atoms with E-state index in [-0.39, 0.29) is 5.82 Å². The van der Waals surface area contributed by atoms with Gasteiger partial charge in [0.25, 0.3) is 0 Å². The lowest BCUT2D eigenvalue weighted by atomic mass is 9.78. The van der Waals surface area contributed by atoms with Crippen molar-refractivity contribution in [3.8, 4) is 0 Å². The van der Waals surface area contributed by atoms with Crippen LogP contribution in [0.25, 0.3) is 0 Å². The molecule has 1 fully saturated rings. The molecule has 3 heteroatoms. The molecule has 1 saturated carbocycles. The van der Waals surface area contributed by atoms with Gasteiger partial charge in [0.05, 0.1) is 5.69 Å². The van der Waals surface area contributed by atoms with Crippen molar-refractivity contribution in [3.63, 3.8) is 0 Å². The third-order valence-corrected chi connectivity index (χ3v) is 4.63. The molecule has 2 atom stereocenters. The smallest absolute Gasteiger partial charge is 0.147 e. The molecule has 0 saturated heterocycles. The van der Waals surface area contributed by atoms with Gasteiger partial charge in [0.2, 0.25) is 0 Å². The molecule has 100 valence electrons. The molecule has 0 heterocycles. The average Bonchev–Trinajstić information content (AvgIpc) is 2.34. The van der Waals surface area contributed by atoms with Crippen LogP contribution in [0.4, 0.5) is 10.1 Å². The van der Waals surface area contributed by atoms with Gasteiger partial charge in [-0.25, -0.2) is 4.39 Å². The zero-order chi connectivity index (χ0) is 13.1. The molecule has 1 aliphatic carbocycles. The summed E-state index contributed by atoms with van der Waals surface area (Å²) in [6.45, 7) is 4.53. The SMILES string of the molecule is CC(C)C1CCCCC1Nc1c(F)cccc1Br. The second-order valence-electron chi connectivity index (χ2n) is 5.54. The van der Waals surface area contributed by atoms with E-state index in [9.17, 15) is 4.39 Å². The van der Waals surface area contributed by atoms with Crippen molar-refractivity contribution in [1.82, 2.24) is 0 Å². The Balaban J connectivity index is 2.16. The second kappa shape index (κ2) is 6.05. The van der Waals surface area contributed by atoms with E-state index in [1.165, 1.54) is 25.3 Å². The largest absolute Gasteiger partial charge is 0.379 e. The Morgan fingerprint density at radius 1 is 1.28 bits per heavy atom. The molecule has 1 aromatic rings. The third kappa shape index (κ3) is 3.05. The van der Waals surface area contributed by atoms with Gasteiger partial charge in [-0.05, 0) is 52.7 Å². The van der Waals surface area contributed by atoms with Gasteiger partial charge in [0.15, 0.2) is 0 Å². The van der Waals surface area contributed by atoms with Crippen LogP contribution in [0.2, 0.25) is 0 Å². The summed E-state index contributed by atoms with van der Waals surface area (Å²) in [5.41, 5.74) is 0.620. The van der Waals surface area contributed by atoms with Crippen molar-refractivity contribution in [2.75, 3.05) is 5.32 Å². The minimum Gasteiger partial charge on any atom is -0.379 e. The van der Waals surface area contributed by atoms with Gasteiger partial charge >= 0.3 is 0 Å². The van der Waals surface area contributed by atoms with Crippen molar-refractivity contribution in [1.29, 1.82) is 0 Å². The van der Waals surface area contributed by atoms with Gasteiger partial charge in [0.1, 0.15) is 5.82 Å². The Hall–Kier alpha value is -0.570. The average molecular weight is 314 g/mol.